The van der Waals surface area contributed by atoms with Crippen molar-refractivity contribution in [2.75, 3.05) is 5.32 Å². The average Bonchev–Trinajstić information content (AvgIpc) is 3.14. The van der Waals surface area contributed by atoms with E-state index in [1.807, 2.05) is 12.1 Å². The molecule has 5 nitrogen and oxygen atoms in total. The summed E-state index contributed by atoms with van der Waals surface area (Å²) in [6, 6.07) is 18.6. The molecule has 0 radical (unpaired) electrons. The quantitative estimate of drug-likeness (QED) is 0.445. The minimum atomic E-state index is -0.646. The fourth-order valence-corrected chi connectivity index (χ4v) is 2.94. The third kappa shape index (κ3) is 4.24. The zero-order chi connectivity index (χ0) is 20.1. The highest BCUT2D eigenvalue weighted by molar-refractivity contribution is 6.36. The number of hydrogen-bond acceptors (Lipinski definition) is 4. The Kier molecular flexibility index (Phi) is 5.81. The number of nitrogens with zero attached hydrogens (tertiary/aromatic N) is 2. The van der Waals surface area contributed by atoms with E-state index in [-0.39, 0.29) is 5.57 Å². The molecule has 28 heavy (non-hydrogen) atoms. The number of nitriles is 2. The van der Waals surface area contributed by atoms with Crippen molar-refractivity contribution in [3.8, 4) is 23.5 Å². The third-order valence-corrected chi connectivity index (χ3v) is 4.32. The first-order valence-electron chi connectivity index (χ1n) is 7.99. The van der Waals surface area contributed by atoms with Crippen LogP contribution in [0.2, 0.25) is 10.0 Å². The maximum Gasteiger partial charge on any atom is 0.266 e. The highest BCUT2D eigenvalue weighted by atomic mass is 35.5. The van der Waals surface area contributed by atoms with Gasteiger partial charge in [0.05, 0.1) is 16.3 Å². The van der Waals surface area contributed by atoms with E-state index >= 15 is 0 Å². The Hall–Kier alpha value is -3.51. The van der Waals surface area contributed by atoms with Gasteiger partial charge in [-0.15, -0.1) is 0 Å². The van der Waals surface area contributed by atoms with Gasteiger partial charge in [0.15, 0.2) is 0 Å². The molecular weight excluding hydrogens is 397 g/mol. The fraction of sp³-hybridized carbons (Fsp3) is 0. The highest BCUT2D eigenvalue weighted by Crippen LogP contribution is 2.32. The second-order valence-electron chi connectivity index (χ2n) is 5.61. The summed E-state index contributed by atoms with van der Waals surface area (Å²) in [7, 11) is 0. The number of para-hydroxylation sites is 1. The first-order chi connectivity index (χ1) is 13.5. The van der Waals surface area contributed by atoms with Crippen LogP contribution in [0.4, 0.5) is 5.69 Å². The molecule has 3 aromatic rings. The number of carbonyl (C=O) groups excluding carboxylic acids is 1. The number of carbonyl (C=O) groups is 1. The number of nitrogens with one attached hydrogen (secondary N) is 1. The van der Waals surface area contributed by atoms with Crippen molar-refractivity contribution in [3.05, 3.63) is 81.5 Å². The molecule has 0 spiro atoms. The van der Waals surface area contributed by atoms with Gasteiger partial charge in [0.1, 0.15) is 29.2 Å². The summed E-state index contributed by atoms with van der Waals surface area (Å²) in [4.78, 5) is 12.4. The highest BCUT2D eigenvalue weighted by Gasteiger charge is 2.14. The van der Waals surface area contributed by atoms with Gasteiger partial charge in [-0.05, 0) is 42.5 Å². The standard InChI is InChI=1S/C21H11Cl2N3O2/c22-15-5-7-17(18(23)10-15)20-8-6-16(28-20)9-14(12-25)21(27)26-19-4-2-1-3-13(19)11-24/h1-10H,(H,26,27)/b14-9+. The number of halogens is 2. The molecule has 2 aromatic carbocycles. The van der Waals surface area contributed by atoms with Crippen molar-refractivity contribution in [2.24, 2.45) is 0 Å². The Labute approximate surface area is 171 Å². The van der Waals surface area contributed by atoms with Gasteiger partial charge in [0, 0.05) is 16.7 Å². The van der Waals surface area contributed by atoms with Crippen molar-refractivity contribution in [1.29, 1.82) is 10.5 Å². The number of anilines is 1. The maximum atomic E-state index is 12.4. The van der Waals surface area contributed by atoms with E-state index in [1.165, 1.54) is 6.08 Å². The molecule has 0 aliphatic carbocycles. The van der Waals surface area contributed by atoms with E-state index in [2.05, 4.69) is 5.32 Å². The molecule has 136 valence electrons. The van der Waals surface area contributed by atoms with Crippen molar-refractivity contribution < 1.29 is 9.21 Å². The second kappa shape index (κ2) is 8.45. The van der Waals surface area contributed by atoms with Crippen LogP contribution < -0.4 is 5.32 Å². The molecule has 0 atom stereocenters. The van der Waals surface area contributed by atoms with E-state index in [9.17, 15) is 10.1 Å². The van der Waals surface area contributed by atoms with E-state index in [1.54, 1.807) is 54.6 Å². The van der Waals surface area contributed by atoms with Gasteiger partial charge in [-0.25, -0.2) is 0 Å². The molecule has 1 N–H and O–H groups in total. The predicted molar refractivity (Wildman–Crippen MR) is 108 cm³/mol. The van der Waals surface area contributed by atoms with Crippen LogP contribution in [0.5, 0.6) is 0 Å². The Morgan fingerprint density at radius 3 is 2.57 bits per heavy atom. The third-order valence-electron chi connectivity index (χ3n) is 3.77. The molecule has 0 saturated heterocycles. The van der Waals surface area contributed by atoms with Crippen LogP contribution in [0, 0.1) is 22.7 Å². The summed E-state index contributed by atoms with van der Waals surface area (Å²) < 4.78 is 5.68. The monoisotopic (exact) mass is 407 g/mol. The largest absolute Gasteiger partial charge is 0.457 e. The van der Waals surface area contributed by atoms with Crippen LogP contribution in [0.1, 0.15) is 11.3 Å². The number of amides is 1. The molecule has 0 bridgehead atoms. The topological polar surface area (TPSA) is 89.8 Å². The first kappa shape index (κ1) is 19.3. The van der Waals surface area contributed by atoms with Gasteiger partial charge in [0.25, 0.3) is 5.91 Å². The minimum absolute atomic E-state index is 0.171. The summed E-state index contributed by atoms with van der Waals surface area (Å²) in [6.07, 6.45) is 1.32. The Bertz CT molecular complexity index is 1170. The van der Waals surface area contributed by atoms with Crippen molar-refractivity contribution in [3.63, 3.8) is 0 Å². The Balaban J connectivity index is 1.85. The number of benzene rings is 2. The summed E-state index contributed by atoms with van der Waals surface area (Å²) in [5, 5.41) is 21.9. The number of furan rings is 1. The van der Waals surface area contributed by atoms with Gasteiger partial charge in [-0.1, -0.05) is 35.3 Å². The zero-order valence-corrected chi connectivity index (χ0v) is 15.8. The van der Waals surface area contributed by atoms with Gasteiger partial charge in [0.2, 0.25) is 0 Å². The maximum absolute atomic E-state index is 12.4. The normalized spacial score (nSPS) is 10.8. The van der Waals surface area contributed by atoms with Crippen LogP contribution in [0.3, 0.4) is 0 Å². The fourth-order valence-electron chi connectivity index (χ4n) is 2.43. The van der Waals surface area contributed by atoms with E-state index in [0.29, 0.717) is 38.4 Å². The van der Waals surface area contributed by atoms with Gasteiger partial charge >= 0.3 is 0 Å². The molecule has 0 aliphatic heterocycles. The predicted octanol–water partition coefficient (Wildman–Crippen LogP) is 5.67. The van der Waals surface area contributed by atoms with Gasteiger partial charge in [-0.3, -0.25) is 4.79 Å². The lowest BCUT2D eigenvalue weighted by Gasteiger charge is -2.05. The second-order valence-corrected chi connectivity index (χ2v) is 6.45. The zero-order valence-electron chi connectivity index (χ0n) is 14.2. The molecule has 0 saturated carbocycles. The van der Waals surface area contributed by atoms with E-state index in [0.717, 1.165) is 0 Å². The SMILES string of the molecule is N#C/C(=C\c1ccc(-c2ccc(Cl)cc2Cl)o1)C(=O)Nc1ccccc1C#N. The molecule has 0 aliphatic rings. The lowest BCUT2D eigenvalue weighted by Crippen LogP contribution is -2.14. The van der Waals surface area contributed by atoms with Crippen LogP contribution in [-0.4, -0.2) is 5.91 Å². The molecule has 1 aromatic heterocycles. The molecule has 1 amide bonds. The van der Waals surface area contributed by atoms with Crippen molar-refractivity contribution in [2.45, 2.75) is 0 Å². The van der Waals surface area contributed by atoms with Crippen LogP contribution in [0.15, 0.2) is 64.6 Å². The lowest BCUT2D eigenvalue weighted by molar-refractivity contribution is -0.112. The van der Waals surface area contributed by atoms with E-state index < -0.39 is 5.91 Å². The molecular formula is C21H11Cl2N3O2. The summed E-state index contributed by atoms with van der Waals surface area (Å²) in [5.74, 6) is 0.134. The molecule has 7 heteroatoms. The molecule has 0 fully saturated rings. The lowest BCUT2D eigenvalue weighted by atomic mass is 10.1. The molecule has 1 heterocycles. The van der Waals surface area contributed by atoms with Crippen LogP contribution >= 0.6 is 23.2 Å². The summed E-state index contributed by atoms with van der Waals surface area (Å²) in [6.45, 7) is 0. The van der Waals surface area contributed by atoms with Crippen molar-refractivity contribution in [1.82, 2.24) is 0 Å². The average molecular weight is 408 g/mol. The summed E-state index contributed by atoms with van der Waals surface area (Å²) in [5.41, 5.74) is 1.09. The number of hydrogen-bond donors (Lipinski definition) is 1. The number of rotatable bonds is 4. The Morgan fingerprint density at radius 2 is 1.86 bits per heavy atom. The minimum Gasteiger partial charge on any atom is -0.457 e. The van der Waals surface area contributed by atoms with Crippen LogP contribution in [-0.2, 0) is 4.79 Å². The van der Waals surface area contributed by atoms with E-state index in [4.69, 9.17) is 32.9 Å². The van der Waals surface area contributed by atoms with Crippen LogP contribution in [0.25, 0.3) is 17.4 Å². The van der Waals surface area contributed by atoms with Crippen molar-refractivity contribution >= 4 is 40.9 Å². The van der Waals surface area contributed by atoms with Gasteiger partial charge in [-0.2, -0.15) is 10.5 Å². The molecule has 3 rings (SSSR count). The molecule has 0 unspecified atom stereocenters. The first-order valence-corrected chi connectivity index (χ1v) is 8.75. The summed E-state index contributed by atoms with van der Waals surface area (Å²) >= 11 is 12.1. The smallest absolute Gasteiger partial charge is 0.266 e. The van der Waals surface area contributed by atoms with Gasteiger partial charge < -0.3 is 9.73 Å². The Morgan fingerprint density at radius 1 is 1.07 bits per heavy atom.